The number of amides is 1. The molecule has 7 heteroatoms. The number of aromatic amines is 1. The Kier molecular flexibility index (Phi) is 4.17. The van der Waals surface area contributed by atoms with Crippen molar-refractivity contribution in [3.63, 3.8) is 0 Å². The minimum absolute atomic E-state index is 0.0719. The lowest BCUT2D eigenvalue weighted by molar-refractivity contribution is -0.126. The van der Waals surface area contributed by atoms with Crippen LogP contribution in [0.15, 0.2) is 0 Å². The standard InChI is InChI=1S/C8H16N6O/c1-5(2)6(3-9)8(15)10-4-7-11-13-14-12-7/h5-6H,3-4,9H2,1-2H3,(H,10,15)(H,11,12,13,14). The summed E-state index contributed by atoms with van der Waals surface area (Å²) in [5, 5.41) is 15.9. The van der Waals surface area contributed by atoms with E-state index in [1.54, 1.807) is 0 Å². The molecule has 1 aromatic rings. The van der Waals surface area contributed by atoms with E-state index in [-0.39, 0.29) is 24.3 Å². The maximum absolute atomic E-state index is 11.6. The van der Waals surface area contributed by atoms with Crippen LogP contribution in [-0.4, -0.2) is 33.1 Å². The highest BCUT2D eigenvalue weighted by atomic mass is 16.1. The van der Waals surface area contributed by atoms with Gasteiger partial charge in [-0.1, -0.05) is 19.1 Å². The van der Waals surface area contributed by atoms with Gasteiger partial charge in [0.15, 0.2) is 5.82 Å². The van der Waals surface area contributed by atoms with Gasteiger partial charge in [0.05, 0.1) is 12.5 Å². The molecule has 0 aliphatic carbocycles. The van der Waals surface area contributed by atoms with E-state index in [1.807, 2.05) is 13.8 Å². The first kappa shape index (κ1) is 11.6. The van der Waals surface area contributed by atoms with E-state index < -0.39 is 0 Å². The number of H-pyrrole nitrogens is 1. The third-order valence-corrected chi connectivity index (χ3v) is 2.21. The molecule has 0 saturated heterocycles. The number of carbonyl (C=O) groups is 1. The van der Waals surface area contributed by atoms with Gasteiger partial charge in [0, 0.05) is 6.54 Å². The van der Waals surface area contributed by atoms with Gasteiger partial charge in [-0.3, -0.25) is 4.79 Å². The normalized spacial score (nSPS) is 12.8. The molecule has 15 heavy (non-hydrogen) atoms. The molecule has 0 fully saturated rings. The van der Waals surface area contributed by atoms with Crippen LogP contribution in [0.5, 0.6) is 0 Å². The van der Waals surface area contributed by atoms with Gasteiger partial charge in [-0.25, -0.2) is 0 Å². The predicted octanol–water partition coefficient (Wildman–Crippen LogP) is -0.953. The first-order valence-corrected chi connectivity index (χ1v) is 4.85. The lowest BCUT2D eigenvalue weighted by atomic mass is 9.95. The highest BCUT2D eigenvalue weighted by Gasteiger charge is 2.20. The van der Waals surface area contributed by atoms with Gasteiger partial charge in [-0.2, -0.15) is 5.21 Å². The van der Waals surface area contributed by atoms with Crippen LogP contribution in [0.3, 0.4) is 0 Å². The van der Waals surface area contributed by atoms with Crippen LogP contribution in [0.1, 0.15) is 19.7 Å². The van der Waals surface area contributed by atoms with Crippen molar-refractivity contribution in [3.05, 3.63) is 5.82 Å². The average Bonchev–Trinajstić information content (AvgIpc) is 2.67. The van der Waals surface area contributed by atoms with Crippen molar-refractivity contribution in [3.8, 4) is 0 Å². The SMILES string of the molecule is CC(C)C(CN)C(=O)NCc1nn[nH]n1. The zero-order chi connectivity index (χ0) is 11.3. The number of tetrazole rings is 1. The quantitative estimate of drug-likeness (QED) is 0.582. The first-order chi connectivity index (χ1) is 7.15. The smallest absolute Gasteiger partial charge is 0.225 e. The van der Waals surface area contributed by atoms with Crippen LogP contribution in [0, 0.1) is 11.8 Å². The summed E-state index contributed by atoms with van der Waals surface area (Å²) in [5.74, 6) is 0.442. The van der Waals surface area contributed by atoms with Crippen molar-refractivity contribution >= 4 is 5.91 Å². The van der Waals surface area contributed by atoms with Gasteiger partial charge >= 0.3 is 0 Å². The fraction of sp³-hybridized carbons (Fsp3) is 0.750. The Balaban J connectivity index is 2.41. The summed E-state index contributed by atoms with van der Waals surface area (Å²) in [6, 6.07) is 0. The van der Waals surface area contributed by atoms with Crippen molar-refractivity contribution in [1.82, 2.24) is 25.9 Å². The minimum atomic E-state index is -0.170. The number of nitrogens with zero attached hydrogens (tertiary/aromatic N) is 3. The Hall–Kier alpha value is -1.50. The summed E-state index contributed by atoms with van der Waals surface area (Å²) in [4.78, 5) is 11.6. The maximum Gasteiger partial charge on any atom is 0.225 e. The molecule has 0 saturated carbocycles. The van der Waals surface area contributed by atoms with Crippen LogP contribution in [0.2, 0.25) is 0 Å². The second kappa shape index (κ2) is 5.40. The largest absolute Gasteiger partial charge is 0.348 e. The summed E-state index contributed by atoms with van der Waals surface area (Å²) < 4.78 is 0. The summed E-state index contributed by atoms with van der Waals surface area (Å²) in [5.41, 5.74) is 5.51. The van der Waals surface area contributed by atoms with Gasteiger partial charge in [0.25, 0.3) is 0 Å². The Morgan fingerprint density at radius 3 is 2.80 bits per heavy atom. The fourth-order valence-electron chi connectivity index (χ4n) is 1.24. The van der Waals surface area contributed by atoms with E-state index in [1.165, 1.54) is 0 Å². The monoisotopic (exact) mass is 212 g/mol. The number of carbonyl (C=O) groups excluding carboxylic acids is 1. The summed E-state index contributed by atoms with van der Waals surface area (Å²) >= 11 is 0. The molecule has 0 radical (unpaired) electrons. The molecular weight excluding hydrogens is 196 g/mol. The highest BCUT2D eigenvalue weighted by Crippen LogP contribution is 2.08. The summed E-state index contributed by atoms with van der Waals surface area (Å²) in [7, 11) is 0. The van der Waals surface area contributed by atoms with E-state index >= 15 is 0 Å². The Morgan fingerprint density at radius 2 is 2.33 bits per heavy atom. The fourth-order valence-corrected chi connectivity index (χ4v) is 1.24. The van der Waals surface area contributed by atoms with Crippen molar-refractivity contribution in [2.75, 3.05) is 6.54 Å². The second-order valence-electron chi connectivity index (χ2n) is 3.63. The van der Waals surface area contributed by atoms with Gasteiger partial charge in [-0.05, 0) is 5.92 Å². The minimum Gasteiger partial charge on any atom is -0.348 e. The van der Waals surface area contributed by atoms with Crippen molar-refractivity contribution in [2.45, 2.75) is 20.4 Å². The molecule has 0 aliphatic rings. The number of nitrogens with one attached hydrogen (secondary N) is 2. The van der Waals surface area contributed by atoms with E-state index in [0.29, 0.717) is 12.4 Å². The maximum atomic E-state index is 11.6. The number of hydrogen-bond acceptors (Lipinski definition) is 5. The molecule has 4 N–H and O–H groups in total. The summed E-state index contributed by atoms with van der Waals surface area (Å²) in [6.45, 7) is 4.55. The van der Waals surface area contributed by atoms with Crippen LogP contribution in [0.4, 0.5) is 0 Å². The molecule has 0 aromatic carbocycles. The predicted molar refractivity (Wildman–Crippen MR) is 53.4 cm³/mol. The molecule has 7 nitrogen and oxygen atoms in total. The Labute approximate surface area is 87.8 Å². The van der Waals surface area contributed by atoms with Gasteiger partial charge in [0.1, 0.15) is 0 Å². The molecule has 84 valence electrons. The lowest BCUT2D eigenvalue weighted by Gasteiger charge is -2.17. The van der Waals surface area contributed by atoms with E-state index in [9.17, 15) is 4.79 Å². The first-order valence-electron chi connectivity index (χ1n) is 4.85. The second-order valence-corrected chi connectivity index (χ2v) is 3.63. The van der Waals surface area contributed by atoms with Crippen LogP contribution >= 0.6 is 0 Å². The van der Waals surface area contributed by atoms with Crippen LogP contribution in [-0.2, 0) is 11.3 Å². The van der Waals surface area contributed by atoms with Gasteiger partial charge in [0.2, 0.25) is 5.91 Å². The number of nitrogens with two attached hydrogens (primary N) is 1. The zero-order valence-corrected chi connectivity index (χ0v) is 8.90. The van der Waals surface area contributed by atoms with Crippen LogP contribution in [0.25, 0.3) is 0 Å². The number of rotatable bonds is 5. The number of aromatic nitrogens is 4. The molecule has 0 bridgehead atoms. The molecule has 1 aromatic heterocycles. The molecule has 1 unspecified atom stereocenters. The highest BCUT2D eigenvalue weighted by molar-refractivity contribution is 5.78. The Morgan fingerprint density at radius 1 is 1.60 bits per heavy atom. The molecule has 1 amide bonds. The van der Waals surface area contributed by atoms with E-state index in [2.05, 4.69) is 25.9 Å². The third-order valence-electron chi connectivity index (χ3n) is 2.21. The van der Waals surface area contributed by atoms with Crippen molar-refractivity contribution < 1.29 is 4.79 Å². The topological polar surface area (TPSA) is 110 Å². The number of hydrogen-bond donors (Lipinski definition) is 3. The zero-order valence-electron chi connectivity index (χ0n) is 8.90. The molecule has 0 aliphatic heterocycles. The molecule has 1 atom stereocenters. The van der Waals surface area contributed by atoms with Gasteiger partial charge < -0.3 is 11.1 Å². The van der Waals surface area contributed by atoms with Crippen LogP contribution < -0.4 is 11.1 Å². The summed E-state index contributed by atoms with van der Waals surface area (Å²) in [6.07, 6.45) is 0. The third kappa shape index (κ3) is 3.28. The van der Waals surface area contributed by atoms with Crippen molar-refractivity contribution in [2.24, 2.45) is 17.6 Å². The van der Waals surface area contributed by atoms with E-state index in [0.717, 1.165) is 0 Å². The van der Waals surface area contributed by atoms with E-state index in [4.69, 9.17) is 5.73 Å². The average molecular weight is 212 g/mol. The molecule has 1 rings (SSSR count). The molecule has 1 heterocycles. The van der Waals surface area contributed by atoms with Gasteiger partial charge in [-0.15, -0.1) is 10.2 Å². The van der Waals surface area contributed by atoms with Crippen molar-refractivity contribution in [1.29, 1.82) is 0 Å². The Bertz CT molecular complexity index is 296. The molecule has 0 spiro atoms. The lowest BCUT2D eigenvalue weighted by Crippen LogP contribution is -2.37. The molecular formula is C8H16N6O.